The van der Waals surface area contributed by atoms with E-state index in [9.17, 15) is 9.59 Å². The summed E-state index contributed by atoms with van der Waals surface area (Å²) in [6.45, 7) is 5.73. The first kappa shape index (κ1) is 19.4. The fourth-order valence-corrected chi connectivity index (χ4v) is 3.92. The summed E-state index contributed by atoms with van der Waals surface area (Å²) >= 11 is 7.14. The molecular formula is C19H21ClN4O2S. The van der Waals surface area contributed by atoms with Crippen molar-refractivity contribution in [3.63, 3.8) is 0 Å². The molecule has 2 N–H and O–H groups in total. The molecule has 142 valence electrons. The van der Waals surface area contributed by atoms with Crippen LogP contribution in [0, 0.1) is 13.8 Å². The molecule has 2 aromatic heterocycles. The molecule has 2 heterocycles. The number of H-pyrrole nitrogens is 1. The van der Waals surface area contributed by atoms with Crippen LogP contribution in [0.3, 0.4) is 0 Å². The van der Waals surface area contributed by atoms with E-state index in [0.29, 0.717) is 26.4 Å². The van der Waals surface area contributed by atoms with Gasteiger partial charge in [-0.05, 0) is 44.9 Å². The number of thiazole rings is 1. The zero-order chi connectivity index (χ0) is 19.6. The number of halogens is 1. The summed E-state index contributed by atoms with van der Waals surface area (Å²) < 4.78 is 1.42. The van der Waals surface area contributed by atoms with Crippen LogP contribution in [0.4, 0.5) is 5.69 Å². The molecule has 0 saturated heterocycles. The van der Waals surface area contributed by atoms with Crippen LogP contribution in [0.5, 0.6) is 0 Å². The number of anilines is 1. The summed E-state index contributed by atoms with van der Waals surface area (Å²) in [5, 5.41) is 6.89. The third-order valence-electron chi connectivity index (χ3n) is 4.24. The van der Waals surface area contributed by atoms with Crippen molar-refractivity contribution in [2.24, 2.45) is 0 Å². The molecule has 0 unspecified atom stereocenters. The second-order valence-electron chi connectivity index (χ2n) is 6.33. The number of nitrogens with one attached hydrogen (secondary N) is 2. The Morgan fingerprint density at radius 3 is 2.85 bits per heavy atom. The monoisotopic (exact) mass is 404 g/mol. The Bertz CT molecular complexity index is 1030. The number of aromatic amines is 1. The van der Waals surface area contributed by atoms with E-state index in [2.05, 4.69) is 22.3 Å². The lowest BCUT2D eigenvalue weighted by molar-refractivity contribution is 0.103. The fourth-order valence-electron chi connectivity index (χ4n) is 2.81. The Balaban J connectivity index is 1.88. The first-order chi connectivity index (χ1) is 12.9. The molecule has 0 aliphatic heterocycles. The number of carbonyl (C=O) groups excluding carboxylic acids is 1. The second kappa shape index (κ2) is 8.10. The maximum absolute atomic E-state index is 12.7. The minimum absolute atomic E-state index is 0.100. The van der Waals surface area contributed by atoms with Gasteiger partial charge in [0.25, 0.3) is 11.5 Å². The quantitative estimate of drug-likeness (QED) is 0.635. The highest BCUT2D eigenvalue weighted by atomic mass is 35.5. The van der Waals surface area contributed by atoms with Crippen molar-refractivity contribution >= 4 is 34.5 Å². The lowest BCUT2D eigenvalue weighted by Crippen LogP contribution is -2.17. The summed E-state index contributed by atoms with van der Waals surface area (Å²) in [6.07, 6.45) is 2.71. The van der Waals surface area contributed by atoms with Crippen LogP contribution in [0.1, 0.15) is 46.4 Å². The first-order valence-electron chi connectivity index (χ1n) is 8.76. The van der Waals surface area contributed by atoms with Gasteiger partial charge in [0.05, 0.1) is 5.69 Å². The van der Waals surface area contributed by atoms with Crippen molar-refractivity contribution in [3.05, 3.63) is 61.5 Å². The van der Waals surface area contributed by atoms with E-state index >= 15 is 0 Å². The van der Waals surface area contributed by atoms with E-state index in [4.69, 9.17) is 11.6 Å². The van der Waals surface area contributed by atoms with E-state index < -0.39 is 0 Å². The largest absolute Gasteiger partial charge is 0.321 e. The minimum Gasteiger partial charge on any atom is -0.321 e. The normalized spacial score (nSPS) is 11.0. The zero-order valence-electron chi connectivity index (χ0n) is 15.4. The number of nitrogens with zero attached hydrogens (tertiary/aromatic N) is 2. The summed E-state index contributed by atoms with van der Waals surface area (Å²) in [6, 6.07) is 6.95. The van der Waals surface area contributed by atoms with Crippen LogP contribution in [0.25, 0.3) is 5.13 Å². The number of carbonyl (C=O) groups is 1. The summed E-state index contributed by atoms with van der Waals surface area (Å²) in [5.74, 6) is -0.277. The van der Waals surface area contributed by atoms with Gasteiger partial charge in [0.1, 0.15) is 4.88 Å². The lowest BCUT2D eigenvalue weighted by Gasteiger charge is -2.03. The topological polar surface area (TPSA) is 79.8 Å². The molecule has 0 aliphatic carbocycles. The molecule has 1 amide bonds. The molecule has 27 heavy (non-hydrogen) atoms. The molecule has 0 fully saturated rings. The van der Waals surface area contributed by atoms with Gasteiger partial charge in [-0.15, -0.1) is 0 Å². The van der Waals surface area contributed by atoms with Crippen LogP contribution in [0.15, 0.2) is 29.1 Å². The van der Waals surface area contributed by atoms with Crippen LogP contribution in [-0.4, -0.2) is 20.7 Å². The number of unbranched alkanes of at least 4 members (excludes halogenated alkanes) is 1. The van der Waals surface area contributed by atoms with Crippen molar-refractivity contribution in [2.45, 2.75) is 40.0 Å². The van der Waals surface area contributed by atoms with Gasteiger partial charge in [-0.25, -0.2) is 4.98 Å². The van der Waals surface area contributed by atoms with Gasteiger partial charge in [-0.2, -0.15) is 4.68 Å². The third-order valence-corrected chi connectivity index (χ3v) is 5.62. The van der Waals surface area contributed by atoms with Gasteiger partial charge in [-0.1, -0.05) is 42.3 Å². The van der Waals surface area contributed by atoms with Gasteiger partial charge in [0, 0.05) is 22.0 Å². The SMILES string of the molecule is CCCCc1c(C)[nH]n(-c2nc(C)c(C(=O)Nc3cccc(Cl)c3)s2)c1=O. The van der Waals surface area contributed by atoms with Crippen molar-refractivity contribution in [3.8, 4) is 5.13 Å². The van der Waals surface area contributed by atoms with E-state index in [1.165, 1.54) is 16.0 Å². The Morgan fingerprint density at radius 1 is 1.37 bits per heavy atom. The molecule has 3 rings (SSSR count). The Hall–Kier alpha value is -2.38. The van der Waals surface area contributed by atoms with E-state index in [0.717, 1.165) is 30.5 Å². The summed E-state index contributed by atoms with van der Waals surface area (Å²) in [7, 11) is 0. The Labute approximate surface area is 166 Å². The van der Waals surface area contributed by atoms with Gasteiger partial charge < -0.3 is 5.32 Å². The highest BCUT2D eigenvalue weighted by molar-refractivity contribution is 7.16. The number of aryl methyl sites for hydroxylation is 2. The number of amides is 1. The maximum atomic E-state index is 12.7. The molecule has 3 aromatic rings. The molecule has 0 atom stereocenters. The van der Waals surface area contributed by atoms with E-state index in [1.54, 1.807) is 31.2 Å². The second-order valence-corrected chi connectivity index (χ2v) is 7.75. The molecule has 6 nitrogen and oxygen atoms in total. The molecule has 0 radical (unpaired) electrons. The fraction of sp³-hybridized carbons (Fsp3) is 0.316. The predicted molar refractivity (Wildman–Crippen MR) is 110 cm³/mol. The summed E-state index contributed by atoms with van der Waals surface area (Å²) in [5.41, 5.74) is 2.69. The zero-order valence-corrected chi connectivity index (χ0v) is 17.0. The van der Waals surface area contributed by atoms with Crippen LogP contribution in [-0.2, 0) is 6.42 Å². The van der Waals surface area contributed by atoms with Crippen LogP contribution >= 0.6 is 22.9 Å². The smallest absolute Gasteiger partial charge is 0.276 e. The van der Waals surface area contributed by atoms with Gasteiger partial charge in [-0.3, -0.25) is 14.7 Å². The standard InChI is InChI=1S/C19H21ClN4O2S/c1-4-5-9-15-11(2)23-24(18(15)26)19-21-12(3)16(27-19)17(25)22-14-8-6-7-13(20)10-14/h6-8,10,23H,4-5,9H2,1-3H3,(H,22,25). The van der Waals surface area contributed by atoms with Gasteiger partial charge >= 0.3 is 0 Å². The van der Waals surface area contributed by atoms with Crippen LogP contribution in [0.2, 0.25) is 5.02 Å². The average Bonchev–Trinajstić information content (AvgIpc) is 3.13. The molecule has 1 aromatic carbocycles. The molecule has 0 aliphatic rings. The predicted octanol–water partition coefficient (Wildman–Crippen LogP) is 4.49. The van der Waals surface area contributed by atoms with E-state index in [-0.39, 0.29) is 11.5 Å². The minimum atomic E-state index is -0.277. The molecule has 0 spiro atoms. The highest BCUT2D eigenvalue weighted by Gasteiger charge is 2.20. The Kier molecular flexibility index (Phi) is 5.82. The lowest BCUT2D eigenvalue weighted by atomic mass is 10.1. The number of rotatable bonds is 6. The first-order valence-corrected chi connectivity index (χ1v) is 9.95. The number of hydrogen-bond donors (Lipinski definition) is 2. The number of hydrogen-bond acceptors (Lipinski definition) is 4. The maximum Gasteiger partial charge on any atom is 0.276 e. The highest BCUT2D eigenvalue weighted by Crippen LogP contribution is 2.23. The van der Waals surface area contributed by atoms with E-state index in [1.807, 2.05) is 6.92 Å². The van der Waals surface area contributed by atoms with Crippen molar-refractivity contribution < 1.29 is 4.79 Å². The molecular weight excluding hydrogens is 384 g/mol. The molecule has 8 heteroatoms. The third kappa shape index (κ3) is 4.14. The average molecular weight is 405 g/mol. The molecule has 0 bridgehead atoms. The number of aromatic nitrogens is 3. The van der Waals surface area contributed by atoms with Crippen molar-refractivity contribution in [1.82, 2.24) is 14.8 Å². The Morgan fingerprint density at radius 2 is 2.15 bits per heavy atom. The van der Waals surface area contributed by atoms with Crippen molar-refractivity contribution in [2.75, 3.05) is 5.32 Å². The van der Waals surface area contributed by atoms with Gasteiger partial charge in [0.15, 0.2) is 0 Å². The number of benzene rings is 1. The summed E-state index contributed by atoms with van der Waals surface area (Å²) in [4.78, 5) is 30.2. The van der Waals surface area contributed by atoms with Crippen molar-refractivity contribution in [1.29, 1.82) is 0 Å². The molecule has 0 saturated carbocycles. The van der Waals surface area contributed by atoms with Crippen LogP contribution < -0.4 is 10.9 Å². The van der Waals surface area contributed by atoms with Gasteiger partial charge in [0.2, 0.25) is 5.13 Å².